The van der Waals surface area contributed by atoms with Crippen molar-refractivity contribution in [3.63, 3.8) is 0 Å². The predicted octanol–water partition coefficient (Wildman–Crippen LogP) is 1.21. The van der Waals surface area contributed by atoms with Gasteiger partial charge >= 0.3 is 0 Å². The molecule has 0 unspecified atom stereocenters. The van der Waals surface area contributed by atoms with Gasteiger partial charge in [0, 0.05) is 57.5 Å². The first-order valence-corrected chi connectivity index (χ1v) is 9.92. The summed E-state index contributed by atoms with van der Waals surface area (Å²) in [4.78, 5) is 41.5. The maximum absolute atomic E-state index is 12.7. The topological polar surface area (TPSA) is 106 Å². The van der Waals surface area contributed by atoms with Crippen LogP contribution in [0.5, 0.6) is 5.88 Å². The number of carbonyl (C=O) groups is 1. The number of rotatable bonds is 5. The van der Waals surface area contributed by atoms with E-state index >= 15 is 0 Å². The molecule has 0 radical (unpaired) electrons. The van der Waals surface area contributed by atoms with E-state index in [4.69, 9.17) is 0 Å². The molecule has 2 aliphatic rings. The van der Waals surface area contributed by atoms with Crippen molar-refractivity contribution < 1.29 is 9.90 Å². The highest BCUT2D eigenvalue weighted by Gasteiger charge is 2.37. The van der Waals surface area contributed by atoms with Crippen LogP contribution in [0.1, 0.15) is 36.0 Å². The Morgan fingerprint density at radius 3 is 2.34 bits per heavy atom. The second-order valence-corrected chi connectivity index (χ2v) is 7.91. The number of anilines is 2. The SMILES string of the molecule is CN(C)c1cc(N(C2CC2)C2CCN(C(=O)c3cc(O)[nH]c(=O)c3)CC2)ncn1. The van der Waals surface area contributed by atoms with Gasteiger partial charge in [0.15, 0.2) is 5.88 Å². The zero-order valence-corrected chi connectivity index (χ0v) is 16.7. The summed E-state index contributed by atoms with van der Waals surface area (Å²) in [6, 6.07) is 5.36. The summed E-state index contributed by atoms with van der Waals surface area (Å²) in [7, 11) is 3.92. The van der Waals surface area contributed by atoms with Gasteiger partial charge in [0.05, 0.1) is 5.56 Å². The average molecular weight is 398 g/mol. The Hall–Kier alpha value is -3.10. The molecule has 0 bridgehead atoms. The van der Waals surface area contributed by atoms with Crippen LogP contribution in [-0.4, -0.2) is 70.1 Å². The molecule has 1 aliphatic carbocycles. The lowest BCUT2D eigenvalue weighted by atomic mass is 10.0. The largest absolute Gasteiger partial charge is 0.494 e. The number of aromatic amines is 1. The van der Waals surface area contributed by atoms with E-state index in [-0.39, 0.29) is 17.4 Å². The van der Waals surface area contributed by atoms with Gasteiger partial charge in [0.1, 0.15) is 18.0 Å². The number of pyridine rings is 1. The summed E-state index contributed by atoms with van der Waals surface area (Å²) >= 11 is 0. The maximum Gasteiger partial charge on any atom is 0.254 e. The van der Waals surface area contributed by atoms with E-state index < -0.39 is 5.56 Å². The molecule has 0 atom stereocenters. The number of aromatic nitrogens is 3. The zero-order chi connectivity index (χ0) is 20.5. The Labute approximate surface area is 169 Å². The lowest BCUT2D eigenvalue weighted by Gasteiger charge is -2.39. The van der Waals surface area contributed by atoms with Crippen molar-refractivity contribution in [1.29, 1.82) is 0 Å². The molecule has 2 N–H and O–H groups in total. The van der Waals surface area contributed by atoms with E-state index in [1.54, 1.807) is 11.2 Å². The Kier molecular flexibility index (Phi) is 5.12. The number of H-pyrrole nitrogens is 1. The van der Waals surface area contributed by atoms with Crippen LogP contribution < -0.4 is 15.4 Å². The molecule has 3 heterocycles. The molecule has 0 spiro atoms. The molecular weight excluding hydrogens is 372 g/mol. The van der Waals surface area contributed by atoms with Crippen LogP contribution in [-0.2, 0) is 0 Å². The molecule has 2 fully saturated rings. The minimum Gasteiger partial charge on any atom is -0.494 e. The molecular formula is C20H26N6O3. The molecule has 1 saturated heterocycles. The smallest absolute Gasteiger partial charge is 0.254 e. The summed E-state index contributed by atoms with van der Waals surface area (Å²) in [6.07, 6.45) is 5.59. The fraction of sp³-hybridized carbons (Fsp3) is 0.500. The Morgan fingerprint density at radius 1 is 1.07 bits per heavy atom. The number of aromatic hydroxyl groups is 1. The Balaban J connectivity index is 1.47. The van der Waals surface area contributed by atoms with Gasteiger partial charge in [-0.1, -0.05) is 0 Å². The summed E-state index contributed by atoms with van der Waals surface area (Å²) in [6.45, 7) is 1.21. The van der Waals surface area contributed by atoms with E-state index in [0.717, 1.165) is 37.3 Å². The van der Waals surface area contributed by atoms with Crippen LogP contribution in [0.15, 0.2) is 29.3 Å². The monoisotopic (exact) mass is 398 g/mol. The van der Waals surface area contributed by atoms with Gasteiger partial charge in [-0.2, -0.15) is 0 Å². The molecule has 154 valence electrons. The third-order valence-electron chi connectivity index (χ3n) is 5.52. The lowest BCUT2D eigenvalue weighted by Crippen LogP contribution is -2.48. The quantitative estimate of drug-likeness (QED) is 0.780. The van der Waals surface area contributed by atoms with Gasteiger partial charge in [-0.15, -0.1) is 0 Å². The van der Waals surface area contributed by atoms with E-state index in [2.05, 4.69) is 19.9 Å². The number of nitrogens with one attached hydrogen (secondary N) is 1. The second kappa shape index (κ2) is 7.73. The van der Waals surface area contributed by atoms with Crippen LogP contribution in [0.2, 0.25) is 0 Å². The number of carbonyl (C=O) groups excluding carboxylic acids is 1. The highest BCUT2D eigenvalue weighted by molar-refractivity contribution is 5.94. The van der Waals surface area contributed by atoms with Crippen LogP contribution >= 0.6 is 0 Å². The minimum absolute atomic E-state index is 0.218. The molecule has 4 rings (SSSR count). The van der Waals surface area contributed by atoms with Gasteiger partial charge in [0.25, 0.3) is 11.5 Å². The van der Waals surface area contributed by atoms with Crippen molar-refractivity contribution in [2.75, 3.05) is 37.0 Å². The lowest BCUT2D eigenvalue weighted by molar-refractivity contribution is 0.0711. The molecule has 9 nitrogen and oxygen atoms in total. The second-order valence-electron chi connectivity index (χ2n) is 7.91. The first-order chi connectivity index (χ1) is 13.9. The van der Waals surface area contributed by atoms with Crippen molar-refractivity contribution in [2.24, 2.45) is 0 Å². The van der Waals surface area contributed by atoms with Gasteiger partial charge in [-0.3, -0.25) is 14.6 Å². The third-order valence-corrected chi connectivity index (χ3v) is 5.52. The summed E-state index contributed by atoms with van der Waals surface area (Å²) in [5.41, 5.74) is -0.265. The predicted molar refractivity (Wildman–Crippen MR) is 110 cm³/mol. The summed E-state index contributed by atoms with van der Waals surface area (Å²) in [5.74, 6) is 1.30. The zero-order valence-electron chi connectivity index (χ0n) is 16.7. The highest BCUT2D eigenvalue weighted by Crippen LogP contribution is 2.36. The Morgan fingerprint density at radius 2 is 1.72 bits per heavy atom. The molecule has 1 saturated carbocycles. The van der Waals surface area contributed by atoms with E-state index in [1.807, 2.05) is 25.1 Å². The highest BCUT2D eigenvalue weighted by atomic mass is 16.3. The fourth-order valence-corrected chi connectivity index (χ4v) is 3.93. The van der Waals surface area contributed by atoms with Crippen molar-refractivity contribution in [3.05, 3.63) is 40.4 Å². The number of amides is 1. The molecule has 1 aliphatic heterocycles. The van der Waals surface area contributed by atoms with E-state index in [0.29, 0.717) is 25.2 Å². The van der Waals surface area contributed by atoms with Gasteiger partial charge in [-0.25, -0.2) is 9.97 Å². The maximum atomic E-state index is 12.7. The molecule has 1 amide bonds. The first kappa shape index (κ1) is 19.2. The van der Waals surface area contributed by atoms with Crippen molar-refractivity contribution in [1.82, 2.24) is 19.9 Å². The molecule has 0 aromatic carbocycles. The van der Waals surface area contributed by atoms with Gasteiger partial charge in [-0.05, 0) is 25.7 Å². The number of nitrogens with zero attached hydrogens (tertiary/aromatic N) is 5. The normalized spacial score (nSPS) is 17.2. The van der Waals surface area contributed by atoms with Gasteiger partial charge < -0.3 is 19.8 Å². The summed E-state index contributed by atoms with van der Waals surface area (Å²) in [5, 5.41) is 9.56. The summed E-state index contributed by atoms with van der Waals surface area (Å²) < 4.78 is 0. The minimum atomic E-state index is -0.483. The molecule has 2 aromatic heterocycles. The van der Waals surface area contributed by atoms with E-state index in [1.165, 1.54) is 12.1 Å². The number of hydrogen-bond donors (Lipinski definition) is 2. The average Bonchev–Trinajstić information content (AvgIpc) is 3.53. The number of likely N-dealkylation sites (tertiary alicyclic amines) is 1. The van der Waals surface area contributed by atoms with Crippen LogP contribution in [0.3, 0.4) is 0 Å². The van der Waals surface area contributed by atoms with Crippen molar-refractivity contribution in [3.8, 4) is 5.88 Å². The third kappa shape index (κ3) is 4.18. The number of hydrogen-bond acceptors (Lipinski definition) is 7. The number of piperidine rings is 1. The van der Waals surface area contributed by atoms with Crippen molar-refractivity contribution >= 4 is 17.5 Å². The van der Waals surface area contributed by atoms with Crippen LogP contribution in [0.25, 0.3) is 0 Å². The van der Waals surface area contributed by atoms with Crippen molar-refractivity contribution in [2.45, 2.75) is 37.8 Å². The molecule has 9 heteroatoms. The molecule has 2 aromatic rings. The van der Waals surface area contributed by atoms with Crippen LogP contribution in [0, 0.1) is 0 Å². The van der Waals surface area contributed by atoms with Crippen LogP contribution in [0.4, 0.5) is 11.6 Å². The standard InChI is InChI=1S/C20H26N6O3/c1-24(2)16-11-17(22-12-21-16)26(14-3-4-14)15-5-7-25(8-6-15)20(29)13-9-18(27)23-19(28)10-13/h9-12,14-15H,3-8H2,1-2H3,(H2,23,27,28). The molecule has 29 heavy (non-hydrogen) atoms. The van der Waals surface area contributed by atoms with Gasteiger partial charge in [0.2, 0.25) is 0 Å². The Bertz CT molecular complexity index is 947. The fourth-order valence-electron chi connectivity index (χ4n) is 3.93. The first-order valence-electron chi connectivity index (χ1n) is 9.92. The van der Waals surface area contributed by atoms with E-state index in [9.17, 15) is 14.7 Å².